The molecule has 0 radical (unpaired) electrons. The monoisotopic (exact) mass is 309 g/mol. The maximum atomic E-state index is 9.26. The van der Waals surface area contributed by atoms with Gasteiger partial charge in [-0.3, -0.25) is 13.7 Å². The van der Waals surface area contributed by atoms with E-state index in [1.165, 1.54) is 0 Å². The molecule has 14 heavy (non-hydrogen) atoms. The van der Waals surface area contributed by atoms with Crippen LogP contribution in [-0.4, -0.2) is 89.6 Å². The van der Waals surface area contributed by atoms with Crippen molar-refractivity contribution in [3.05, 3.63) is 0 Å². The standard InChI is InChI=1S/H3N.2Na.H2O4S2.H2O3S2.2H/c;;;1-5(2)6(3)4;1-5(2,3)4;;/h1H3;;;(H,1,2)(H,3,4);(H2,1,2,3,4);;. The molecule has 0 aliphatic rings. The van der Waals surface area contributed by atoms with E-state index >= 15 is 0 Å². The van der Waals surface area contributed by atoms with E-state index in [9.17, 15) is 8.42 Å². The third-order valence-electron chi connectivity index (χ3n) is 0.122. The summed E-state index contributed by atoms with van der Waals surface area (Å²) in [6.45, 7) is 0. The Morgan fingerprint density at radius 2 is 1.07 bits per heavy atom. The Labute approximate surface area is 135 Å². The van der Waals surface area contributed by atoms with E-state index < -0.39 is 29.4 Å². The van der Waals surface area contributed by atoms with Crippen molar-refractivity contribution in [1.29, 1.82) is 0 Å². The molecule has 0 saturated heterocycles. The van der Waals surface area contributed by atoms with Crippen molar-refractivity contribution in [1.82, 2.24) is 6.15 Å². The summed E-state index contributed by atoms with van der Waals surface area (Å²) < 4.78 is 59.1. The second-order valence-electron chi connectivity index (χ2n) is 0.882. The van der Waals surface area contributed by atoms with Crippen LogP contribution in [0.2, 0.25) is 0 Å². The van der Waals surface area contributed by atoms with Gasteiger partial charge in [-0.1, -0.05) is 0 Å². The van der Waals surface area contributed by atoms with Gasteiger partial charge in [-0.2, -0.15) is 8.42 Å². The Morgan fingerprint density at radius 3 is 1.07 bits per heavy atom. The quantitative estimate of drug-likeness (QED) is 0.121. The summed E-state index contributed by atoms with van der Waals surface area (Å²) in [4.78, 5) is 0. The van der Waals surface area contributed by atoms with Gasteiger partial charge in [-0.05, 0) is 11.7 Å². The van der Waals surface area contributed by atoms with Crippen LogP contribution in [0.15, 0.2) is 0 Å². The molecule has 0 saturated carbocycles. The molecule has 0 rings (SSSR count). The summed E-state index contributed by atoms with van der Waals surface area (Å²) in [6.07, 6.45) is 0. The molecule has 0 fully saturated rings. The Kier molecular flexibility index (Phi) is 33.0. The predicted molar refractivity (Wildman–Crippen MR) is 61.4 cm³/mol. The molecule has 0 amide bonds. The first-order chi connectivity index (χ1) is 4.64. The van der Waals surface area contributed by atoms with Gasteiger partial charge in [0, 0.05) is 0 Å². The summed E-state index contributed by atoms with van der Waals surface area (Å²) >= 11 is 2.65. The van der Waals surface area contributed by atoms with E-state index in [0.29, 0.717) is 0 Å². The minimum atomic E-state index is -3.97. The van der Waals surface area contributed by atoms with Crippen LogP contribution < -0.4 is 6.15 Å². The van der Waals surface area contributed by atoms with Gasteiger partial charge in [0.1, 0.15) is 0 Å². The SMILES string of the molecule is N.O=S(=O)(O)S.O=S(O)S(=O)O.[NaH].[NaH]. The fourth-order valence-corrected chi connectivity index (χ4v) is 0. The van der Waals surface area contributed by atoms with Crippen molar-refractivity contribution >= 4 is 100 Å². The van der Waals surface area contributed by atoms with Crippen molar-refractivity contribution in [3.63, 3.8) is 0 Å². The molecule has 6 N–H and O–H groups in total. The van der Waals surface area contributed by atoms with Gasteiger partial charge in [0.2, 0.25) is 0 Å². The van der Waals surface area contributed by atoms with E-state index in [1.54, 1.807) is 0 Å². The predicted octanol–water partition coefficient (Wildman–Crippen LogP) is -2.07. The van der Waals surface area contributed by atoms with Crippen molar-refractivity contribution < 1.29 is 30.5 Å². The molecule has 2 unspecified atom stereocenters. The Balaban J connectivity index is -0.0000000321. The number of hydrogen-bond donors (Lipinski definition) is 5. The van der Waals surface area contributed by atoms with Crippen molar-refractivity contribution in [3.8, 4) is 0 Å². The maximum absolute atomic E-state index is 9.26. The zero-order chi connectivity index (χ0) is 9.65. The van der Waals surface area contributed by atoms with Crippen LogP contribution in [0.5, 0.6) is 0 Å². The summed E-state index contributed by atoms with van der Waals surface area (Å²) in [5.74, 6) is 0. The first-order valence-electron chi connectivity index (χ1n) is 1.56. The third-order valence-corrected chi connectivity index (χ3v) is 1.10. The molecule has 0 spiro atoms. The van der Waals surface area contributed by atoms with Gasteiger partial charge in [-0.15, -0.1) is 0 Å². The van der Waals surface area contributed by atoms with E-state index in [1.807, 2.05) is 0 Å². The van der Waals surface area contributed by atoms with E-state index in [-0.39, 0.29) is 65.3 Å². The van der Waals surface area contributed by atoms with E-state index in [0.717, 1.165) is 0 Å². The van der Waals surface area contributed by atoms with Crippen molar-refractivity contribution in [2.45, 2.75) is 0 Å². The average Bonchev–Trinajstić information content (AvgIpc) is 1.59. The van der Waals surface area contributed by atoms with E-state index in [2.05, 4.69) is 11.7 Å². The van der Waals surface area contributed by atoms with Crippen molar-refractivity contribution in [2.75, 3.05) is 0 Å². The molecule has 0 aliphatic carbocycles. The van der Waals surface area contributed by atoms with Crippen LogP contribution in [0.25, 0.3) is 0 Å². The summed E-state index contributed by atoms with van der Waals surface area (Å²) in [5, 5.41) is 0. The zero-order valence-corrected chi connectivity index (χ0v) is 8.70. The normalized spacial score (nSPS) is 12.6. The van der Waals surface area contributed by atoms with Crippen LogP contribution in [0.3, 0.4) is 0 Å². The van der Waals surface area contributed by atoms with Crippen LogP contribution >= 0.6 is 11.7 Å². The fourth-order valence-electron chi connectivity index (χ4n) is 0. The topological polar surface area (TPSA) is 164 Å². The summed E-state index contributed by atoms with van der Waals surface area (Å²) in [6, 6.07) is 0. The number of thiol groups is 1. The molecule has 0 aromatic rings. The van der Waals surface area contributed by atoms with Gasteiger partial charge in [-0.25, -0.2) is 8.42 Å². The molecule has 82 valence electrons. The first kappa shape index (κ1) is 29.9. The molecule has 0 bridgehead atoms. The fraction of sp³-hybridized carbons (Fsp3) is 0. The Morgan fingerprint density at radius 1 is 1.00 bits per heavy atom. The van der Waals surface area contributed by atoms with Crippen LogP contribution in [0.1, 0.15) is 0 Å². The second-order valence-corrected chi connectivity index (χ2v) is 5.74. The molecule has 0 aromatic carbocycles. The first-order valence-corrected chi connectivity index (χ1v) is 6.79. The number of hydrogen-bond acceptors (Lipinski definition) is 5. The van der Waals surface area contributed by atoms with Gasteiger partial charge in [0.15, 0.2) is 0 Å². The second kappa shape index (κ2) is 15.4. The van der Waals surface area contributed by atoms with Crippen LogP contribution in [0.4, 0.5) is 0 Å². The molecule has 0 heterocycles. The third kappa shape index (κ3) is 62.9. The summed E-state index contributed by atoms with van der Waals surface area (Å²) in [7, 11) is -9.15. The zero-order valence-electron chi connectivity index (χ0n) is 5.35. The van der Waals surface area contributed by atoms with E-state index in [4.69, 9.17) is 22.1 Å². The molecular formula is H9NNa2O7S4. The molecular weight excluding hydrogens is 300 g/mol. The van der Waals surface area contributed by atoms with Gasteiger partial charge in [0.05, 0.1) is 0 Å². The molecule has 2 atom stereocenters. The van der Waals surface area contributed by atoms with Crippen LogP contribution in [0, 0.1) is 0 Å². The Hall–Kier alpha value is 2.44. The summed E-state index contributed by atoms with van der Waals surface area (Å²) in [5.41, 5.74) is 0. The van der Waals surface area contributed by atoms with Gasteiger partial charge < -0.3 is 6.15 Å². The number of rotatable bonds is 1. The molecule has 0 aliphatic heterocycles. The van der Waals surface area contributed by atoms with Crippen LogP contribution in [-0.2, 0) is 29.4 Å². The van der Waals surface area contributed by atoms with Gasteiger partial charge in [0.25, 0.3) is 20.2 Å². The molecule has 14 heteroatoms. The minimum absolute atomic E-state index is 0. The van der Waals surface area contributed by atoms with Crippen molar-refractivity contribution in [2.24, 2.45) is 0 Å². The average molecular weight is 309 g/mol. The Bertz CT molecular complexity index is 226. The van der Waals surface area contributed by atoms with Gasteiger partial charge >= 0.3 is 68.3 Å². The molecule has 0 aromatic heterocycles. The molecule has 8 nitrogen and oxygen atoms in total.